The minimum absolute atomic E-state index is 0.0927. The monoisotopic (exact) mass is 682 g/mol. The van der Waals surface area contributed by atoms with E-state index in [1.807, 2.05) is 0 Å². The number of halogens is 6. The maximum atomic E-state index is 13.7. The molecule has 48 heavy (non-hydrogen) atoms. The van der Waals surface area contributed by atoms with Crippen molar-refractivity contribution in [1.82, 2.24) is 24.6 Å². The largest absolute Gasteiger partial charge is 0.481 e. The Bertz CT molecular complexity index is 1560. The van der Waals surface area contributed by atoms with Gasteiger partial charge in [-0.1, -0.05) is 0 Å². The molecule has 10 nitrogen and oxygen atoms in total. The number of carboxylic acid groups (broad SMARTS) is 1. The Morgan fingerprint density at radius 1 is 0.896 bits per heavy atom. The number of hydrogen-bond donors (Lipinski definition) is 1. The number of aliphatic carboxylic acids is 1. The fourth-order valence-electron chi connectivity index (χ4n) is 6.65. The lowest BCUT2D eigenvalue weighted by Crippen LogP contribution is -2.56. The topological polar surface area (TPSA) is 114 Å². The van der Waals surface area contributed by atoms with E-state index in [9.17, 15) is 41.0 Å². The molecule has 1 N–H and O–H groups in total. The zero-order valence-electron chi connectivity index (χ0n) is 26.5. The number of carboxylic acids is 1. The number of piperidine rings is 1. The molecule has 3 aromatic rings. The lowest BCUT2D eigenvalue weighted by atomic mass is 9.87. The van der Waals surface area contributed by atoms with Gasteiger partial charge in [-0.3, -0.25) is 9.48 Å². The van der Waals surface area contributed by atoms with Crippen molar-refractivity contribution in [2.45, 2.75) is 95.5 Å². The molecule has 5 rings (SSSR count). The summed E-state index contributed by atoms with van der Waals surface area (Å²) in [6.07, 6.45) is -2.36. The third-order valence-corrected chi connectivity index (χ3v) is 9.05. The standard InChI is InChI=1S/C32H36F6N6O4/c1-18-8-26(9-19(2)44(18)30(47)48-27-6-4-21(5-7-27)28(45)46)43(29-39-13-22(14-40-29)23-15-41-42(3)17-23)16-20-10-24(31(33,34)35)12-25(11-20)32(36,37)38/h10-15,17-19,21,26-27H,4-9,16H2,1-3H3,(H,45,46)/t18-,19?,21?,26?,27?/m1/s1. The van der Waals surface area contributed by atoms with Crippen LogP contribution in [0.4, 0.5) is 37.1 Å². The van der Waals surface area contributed by atoms with Crippen LogP contribution in [0.3, 0.4) is 0 Å². The number of alkyl halides is 6. The highest BCUT2D eigenvalue weighted by Crippen LogP contribution is 2.38. The molecule has 1 aromatic carbocycles. The van der Waals surface area contributed by atoms with Crippen molar-refractivity contribution in [1.29, 1.82) is 0 Å². The average molecular weight is 683 g/mol. The van der Waals surface area contributed by atoms with E-state index in [0.717, 1.165) is 0 Å². The van der Waals surface area contributed by atoms with Gasteiger partial charge in [-0.25, -0.2) is 14.8 Å². The van der Waals surface area contributed by atoms with Crippen LogP contribution in [-0.2, 0) is 35.5 Å². The molecular weight excluding hydrogens is 646 g/mol. The summed E-state index contributed by atoms with van der Waals surface area (Å²) in [5.74, 6) is -1.24. The van der Waals surface area contributed by atoms with Crippen LogP contribution in [-0.4, -0.2) is 66.0 Å². The molecule has 1 aliphatic carbocycles. The number of anilines is 1. The first-order valence-corrected chi connectivity index (χ1v) is 15.6. The summed E-state index contributed by atoms with van der Waals surface area (Å²) < 4.78 is 89.6. The van der Waals surface area contributed by atoms with Crippen molar-refractivity contribution < 1.29 is 45.8 Å². The van der Waals surface area contributed by atoms with Crippen LogP contribution < -0.4 is 4.90 Å². The molecule has 2 aliphatic rings. The summed E-state index contributed by atoms with van der Waals surface area (Å²) in [6, 6.07) is 0.167. The fraction of sp³-hybridized carbons (Fsp3) is 0.531. The first kappa shape index (κ1) is 35.0. The van der Waals surface area contributed by atoms with Gasteiger partial charge < -0.3 is 19.6 Å². The van der Waals surface area contributed by atoms with Crippen LogP contribution in [0.2, 0.25) is 0 Å². The number of amides is 1. The zero-order valence-corrected chi connectivity index (χ0v) is 26.5. The second-order valence-corrected chi connectivity index (χ2v) is 12.6. The van der Waals surface area contributed by atoms with Crippen molar-refractivity contribution in [2.75, 3.05) is 4.90 Å². The molecule has 3 atom stereocenters. The number of carbonyl (C=O) groups is 2. The third-order valence-electron chi connectivity index (χ3n) is 9.05. The average Bonchev–Trinajstić information content (AvgIpc) is 3.45. The van der Waals surface area contributed by atoms with Gasteiger partial charge in [-0.05, 0) is 76.1 Å². The van der Waals surface area contributed by atoms with E-state index >= 15 is 0 Å². The Hall–Kier alpha value is -4.37. The van der Waals surface area contributed by atoms with Gasteiger partial charge in [0, 0.05) is 61.4 Å². The summed E-state index contributed by atoms with van der Waals surface area (Å²) >= 11 is 0. The number of hydrogen-bond acceptors (Lipinski definition) is 7. The number of likely N-dealkylation sites (tertiary alicyclic amines) is 1. The van der Waals surface area contributed by atoms with Gasteiger partial charge in [0.15, 0.2) is 0 Å². The molecule has 3 heterocycles. The SMILES string of the molecule is CC1CC(N(Cc2cc(C(F)(F)F)cc(C(F)(F)F)c2)c2ncc(-c3cnn(C)c3)cn2)C[C@@H](C)N1C(=O)OC1CCC(C(=O)O)CC1. The quantitative estimate of drug-likeness (QED) is 0.267. The van der Waals surface area contributed by atoms with Gasteiger partial charge in [-0.15, -0.1) is 0 Å². The molecule has 2 unspecified atom stereocenters. The second-order valence-electron chi connectivity index (χ2n) is 12.6. The van der Waals surface area contributed by atoms with Crippen LogP contribution in [0.25, 0.3) is 11.1 Å². The molecule has 2 fully saturated rings. The number of aromatic nitrogens is 4. The minimum Gasteiger partial charge on any atom is -0.481 e. The van der Waals surface area contributed by atoms with E-state index in [4.69, 9.17) is 4.74 Å². The van der Waals surface area contributed by atoms with Crippen LogP contribution in [0.5, 0.6) is 0 Å². The summed E-state index contributed by atoms with van der Waals surface area (Å²) in [7, 11) is 1.74. The van der Waals surface area contributed by atoms with E-state index in [1.165, 1.54) is 12.4 Å². The second kappa shape index (κ2) is 13.6. The molecule has 0 bridgehead atoms. The Morgan fingerprint density at radius 2 is 1.46 bits per heavy atom. The predicted molar refractivity (Wildman–Crippen MR) is 161 cm³/mol. The highest BCUT2D eigenvalue weighted by atomic mass is 19.4. The van der Waals surface area contributed by atoms with Gasteiger partial charge in [0.05, 0.1) is 23.2 Å². The maximum absolute atomic E-state index is 13.7. The zero-order chi connectivity index (χ0) is 35.0. The molecule has 0 spiro atoms. The molecule has 1 saturated heterocycles. The van der Waals surface area contributed by atoms with Crippen molar-refractivity contribution in [2.24, 2.45) is 13.0 Å². The Labute approximate surface area is 272 Å². The smallest absolute Gasteiger partial charge is 0.416 e. The number of nitrogens with zero attached hydrogens (tertiary/aromatic N) is 6. The Kier molecular flexibility index (Phi) is 9.92. The van der Waals surface area contributed by atoms with Crippen LogP contribution in [0, 0.1) is 5.92 Å². The van der Waals surface area contributed by atoms with Gasteiger partial charge in [0.1, 0.15) is 6.10 Å². The van der Waals surface area contributed by atoms with Gasteiger partial charge in [-0.2, -0.15) is 31.4 Å². The summed E-state index contributed by atoms with van der Waals surface area (Å²) in [6.45, 7) is 3.23. The molecular formula is C32H36F6N6O4. The van der Waals surface area contributed by atoms with E-state index in [1.54, 1.807) is 47.8 Å². The van der Waals surface area contributed by atoms with Gasteiger partial charge >= 0.3 is 24.4 Å². The Morgan fingerprint density at radius 3 is 1.94 bits per heavy atom. The third kappa shape index (κ3) is 8.01. The highest BCUT2D eigenvalue weighted by molar-refractivity contribution is 5.70. The van der Waals surface area contributed by atoms with E-state index in [0.29, 0.717) is 61.8 Å². The van der Waals surface area contributed by atoms with Crippen LogP contribution in [0.1, 0.15) is 69.1 Å². The summed E-state index contributed by atoms with van der Waals surface area (Å²) in [4.78, 5) is 36.7. The molecule has 1 aliphatic heterocycles. The maximum Gasteiger partial charge on any atom is 0.416 e. The molecule has 1 amide bonds. The molecule has 2 aromatic heterocycles. The number of ether oxygens (including phenoxy) is 1. The van der Waals surface area contributed by atoms with Crippen LogP contribution in [0.15, 0.2) is 43.0 Å². The molecule has 0 radical (unpaired) electrons. The van der Waals surface area contributed by atoms with Crippen molar-refractivity contribution in [3.8, 4) is 11.1 Å². The van der Waals surface area contributed by atoms with Gasteiger partial charge in [0.2, 0.25) is 5.95 Å². The molecule has 1 saturated carbocycles. The number of carbonyl (C=O) groups excluding carboxylic acids is 1. The fourth-order valence-corrected chi connectivity index (χ4v) is 6.65. The lowest BCUT2D eigenvalue weighted by molar-refractivity contribution is -0.144. The van der Waals surface area contributed by atoms with Crippen molar-refractivity contribution in [3.63, 3.8) is 0 Å². The summed E-state index contributed by atoms with van der Waals surface area (Å²) in [5.41, 5.74) is -1.74. The van der Waals surface area contributed by atoms with Crippen molar-refractivity contribution >= 4 is 18.0 Å². The Balaban J connectivity index is 1.41. The summed E-state index contributed by atoms with van der Waals surface area (Å²) in [5, 5.41) is 13.4. The first-order chi connectivity index (χ1) is 22.5. The van der Waals surface area contributed by atoms with E-state index in [-0.39, 0.29) is 24.1 Å². The van der Waals surface area contributed by atoms with Gasteiger partial charge in [0.25, 0.3) is 0 Å². The predicted octanol–water partition coefficient (Wildman–Crippen LogP) is 6.94. The van der Waals surface area contributed by atoms with Crippen LogP contribution >= 0.6 is 0 Å². The first-order valence-electron chi connectivity index (χ1n) is 15.6. The van der Waals surface area contributed by atoms with E-state index in [2.05, 4.69) is 15.1 Å². The number of benzene rings is 1. The lowest BCUT2D eigenvalue weighted by Gasteiger charge is -2.46. The normalized spacial score (nSPS) is 23.5. The van der Waals surface area contributed by atoms with E-state index < -0.39 is 65.7 Å². The highest BCUT2D eigenvalue weighted by Gasteiger charge is 2.41. The number of rotatable bonds is 7. The minimum atomic E-state index is -5.01. The van der Waals surface area contributed by atoms with Crippen molar-refractivity contribution in [3.05, 3.63) is 59.7 Å². The number of aryl methyl sites for hydroxylation is 1. The molecule has 260 valence electrons. The molecule has 16 heteroatoms.